The number of carbonyl (C=O) groups is 1. The van der Waals surface area contributed by atoms with E-state index < -0.39 is 5.97 Å². The van der Waals surface area contributed by atoms with Crippen molar-refractivity contribution in [2.45, 2.75) is 13.5 Å². The molecule has 0 unspecified atom stereocenters. The lowest BCUT2D eigenvalue weighted by atomic mass is 10.1. The van der Waals surface area contributed by atoms with Gasteiger partial charge in [-0.25, -0.2) is 14.5 Å². The van der Waals surface area contributed by atoms with Crippen LogP contribution in [0.2, 0.25) is 5.02 Å². The standard InChI is InChI=1S/C23H16ClN5O2/c1-13-2-4-15-10-14(3-7-19(15)25-13)12-29-22-21(27-28-29)9-8-20(26-22)16-5-6-17(23(30)31)18(24)11-16/h2-11H,12H2,1H3,(H,30,31). The highest BCUT2D eigenvalue weighted by Crippen LogP contribution is 2.26. The van der Waals surface area contributed by atoms with Crippen LogP contribution in [0.25, 0.3) is 33.3 Å². The Morgan fingerprint density at radius 2 is 1.84 bits per heavy atom. The number of rotatable bonds is 4. The van der Waals surface area contributed by atoms with Gasteiger partial charge in [0.1, 0.15) is 5.52 Å². The van der Waals surface area contributed by atoms with Gasteiger partial charge in [-0.05, 0) is 55.0 Å². The van der Waals surface area contributed by atoms with Crippen molar-refractivity contribution in [3.8, 4) is 11.3 Å². The maximum Gasteiger partial charge on any atom is 0.337 e. The number of hydrogen-bond donors (Lipinski definition) is 1. The van der Waals surface area contributed by atoms with E-state index in [1.807, 2.05) is 37.3 Å². The minimum absolute atomic E-state index is 0.0548. The summed E-state index contributed by atoms with van der Waals surface area (Å²) in [6.45, 7) is 2.48. The van der Waals surface area contributed by atoms with E-state index in [2.05, 4.69) is 27.4 Å². The van der Waals surface area contributed by atoms with Gasteiger partial charge >= 0.3 is 5.97 Å². The Balaban J connectivity index is 1.51. The van der Waals surface area contributed by atoms with Crippen molar-refractivity contribution in [2.24, 2.45) is 0 Å². The second-order valence-electron chi connectivity index (χ2n) is 7.27. The molecular formula is C23H16ClN5O2. The topological polar surface area (TPSA) is 93.8 Å². The van der Waals surface area contributed by atoms with E-state index in [0.29, 0.717) is 23.4 Å². The van der Waals surface area contributed by atoms with Crippen LogP contribution in [-0.4, -0.2) is 36.0 Å². The maximum absolute atomic E-state index is 11.2. The number of aromatic nitrogens is 5. The van der Waals surface area contributed by atoms with E-state index in [9.17, 15) is 9.90 Å². The molecule has 0 atom stereocenters. The second-order valence-corrected chi connectivity index (χ2v) is 7.67. The van der Waals surface area contributed by atoms with E-state index in [0.717, 1.165) is 27.7 Å². The van der Waals surface area contributed by atoms with Gasteiger partial charge < -0.3 is 5.11 Å². The Morgan fingerprint density at radius 3 is 2.65 bits per heavy atom. The van der Waals surface area contributed by atoms with E-state index in [1.165, 1.54) is 6.07 Å². The molecule has 152 valence electrons. The van der Waals surface area contributed by atoms with Crippen molar-refractivity contribution in [2.75, 3.05) is 0 Å². The maximum atomic E-state index is 11.2. The van der Waals surface area contributed by atoms with Crippen molar-refractivity contribution in [1.29, 1.82) is 0 Å². The highest BCUT2D eigenvalue weighted by Gasteiger charge is 2.13. The van der Waals surface area contributed by atoms with Crippen LogP contribution in [0, 0.1) is 6.92 Å². The second kappa shape index (κ2) is 7.45. The summed E-state index contributed by atoms with van der Waals surface area (Å²) in [5.74, 6) is -1.07. The minimum atomic E-state index is -1.07. The first-order valence-electron chi connectivity index (χ1n) is 9.58. The van der Waals surface area contributed by atoms with E-state index >= 15 is 0 Å². The highest BCUT2D eigenvalue weighted by atomic mass is 35.5. The number of hydrogen-bond acceptors (Lipinski definition) is 5. The minimum Gasteiger partial charge on any atom is -0.478 e. The lowest BCUT2D eigenvalue weighted by Crippen LogP contribution is -2.03. The summed E-state index contributed by atoms with van der Waals surface area (Å²) in [7, 11) is 0. The summed E-state index contributed by atoms with van der Waals surface area (Å²) < 4.78 is 1.74. The molecule has 5 rings (SSSR count). The number of halogens is 1. The third-order valence-electron chi connectivity index (χ3n) is 5.08. The number of pyridine rings is 2. The molecule has 0 amide bonds. The summed E-state index contributed by atoms with van der Waals surface area (Å²) in [4.78, 5) is 20.5. The molecule has 7 nitrogen and oxygen atoms in total. The molecule has 2 aromatic carbocycles. The number of aryl methyl sites for hydroxylation is 1. The van der Waals surface area contributed by atoms with E-state index in [1.54, 1.807) is 16.8 Å². The van der Waals surface area contributed by atoms with Gasteiger partial charge in [-0.2, -0.15) is 0 Å². The molecule has 5 aromatic rings. The normalized spacial score (nSPS) is 11.3. The third-order valence-corrected chi connectivity index (χ3v) is 5.39. The van der Waals surface area contributed by atoms with Gasteiger partial charge in [-0.1, -0.05) is 35.0 Å². The van der Waals surface area contributed by atoms with Crippen molar-refractivity contribution in [3.63, 3.8) is 0 Å². The Kier molecular flexibility index (Phi) is 4.60. The van der Waals surface area contributed by atoms with E-state index in [4.69, 9.17) is 16.6 Å². The van der Waals surface area contributed by atoms with Gasteiger partial charge in [0.25, 0.3) is 0 Å². The Morgan fingerprint density at radius 1 is 1.00 bits per heavy atom. The largest absolute Gasteiger partial charge is 0.478 e. The first-order valence-corrected chi connectivity index (χ1v) is 9.95. The lowest BCUT2D eigenvalue weighted by molar-refractivity contribution is 0.0697. The van der Waals surface area contributed by atoms with Crippen LogP contribution in [0.5, 0.6) is 0 Å². The van der Waals surface area contributed by atoms with Gasteiger partial charge in [-0.3, -0.25) is 4.98 Å². The first kappa shape index (κ1) is 19.1. The molecule has 3 aromatic heterocycles. The van der Waals surface area contributed by atoms with Gasteiger partial charge in [0, 0.05) is 16.6 Å². The molecule has 0 bridgehead atoms. The lowest BCUT2D eigenvalue weighted by Gasteiger charge is -2.07. The molecule has 0 saturated heterocycles. The van der Waals surface area contributed by atoms with Crippen LogP contribution in [0.15, 0.2) is 60.7 Å². The van der Waals surface area contributed by atoms with Gasteiger partial charge in [0.2, 0.25) is 0 Å². The first-order chi connectivity index (χ1) is 15.0. The average molecular weight is 430 g/mol. The molecule has 8 heteroatoms. The summed E-state index contributed by atoms with van der Waals surface area (Å²) >= 11 is 6.12. The molecule has 0 aliphatic rings. The quantitative estimate of drug-likeness (QED) is 0.443. The zero-order valence-electron chi connectivity index (χ0n) is 16.5. The highest BCUT2D eigenvalue weighted by molar-refractivity contribution is 6.33. The predicted octanol–water partition coefficient (Wildman–Crippen LogP) is 4.75. The average Bonchev–Trinajstić information content (AvgIpc) is 3.15. The van der Waals surface area contributed by atoms with Crippen LogP contribution in [-0.2, 0) is 6.54 Å². The van der Waals surface area contributed by atoms with Crippen molar-refractivity contribution >= 4 is 39.6 Å². The fourth-order valence-corrected chi connectivity index (χ4v) is 3.78. The Bertz CT molecular complexity index is 1480. The van der Waals surface area contributed by atoms with Gasteiger partial charge in [0.05, 0.1) is 28.3 Å². The van der Waals surface area contributed by atoms with Crippen LogP contribution < -0.4 is 0 Å². The number of carboxylic acid groups (broad SMARTS) is 1. The predicted molar refractivity (Wildman–Crippen MR) is 118 cm³/mol. The zero-order valence-corrected chi connectivity index (χ0v) is 17.2. The molecular weight excluding hydrogens is 414 g/mol. The molecule has 0 saturated carbocycles. The van der Waals surface area contributed by atoms with Crippen LogP contribution in [0.3, 0.4) is 0 Å². The smallest absolute Gasteiger partial charge is 0.337 e. The number of carboxylic acids is 1. The number of nitrogens with zero attached hydrogens (tertiary/aromatic N) is 5. The third kappa shape index (κ3) is 3.60. The summed E-state index contributed by atoms with van der Waals surface area (Å²) in [5.41, 5.74) is 5.74. The van der Waals surface area contributed by atoms with Crippen molar-refractivity contribution in [3.05, 3.63) is 82.5 Å². The van der Waals surface area contributed by atoms with E-state index in [-0.39, 0.29) is 10.6 Å². The SMILES string of the molecule is Cc1ccc2cc(Cn3nnc4ccc(-c5ccc(C(=O)O)c(Cl)c5)nc43)ccc2n1. The van der Waals surface area contributed by atoms with Gasteiger partial charge in [0.15, 0.2) is 5.65 Å². The fraction of sp³-hybridized carbons (Fsp3) is 0.0870. The number of aromatic carboxylic acids is 1. The molecule has 0 aliphatic heterocycles. The van der Waals surface area contributed by atoms with Gasteiger partial charge in [-0.15, -0.1) is 5.10 Å². The molecule has 1 N–H and O–H groups in total. The molecule has 0 spiro atoms. The molecule has 3 heterocycles. The monoisotopic (exact) mass is 429 g/mol. The molecule has 31 heavy (non-hydrogen) atoms. The molecule has 0 fully saturated rings. The van der Waals surface area contributed by atoms with Crippen LogP contribution in [0.1, 0.15) is 21.6 Å². The Labute approximate surface area is 181 Å². The molecule has 0 radical (unpaired) electrons. The summed E-state index contributed by atoms with van der Waals surface area (Å²) in [5, 5.41) is 18.9. The zero-order chi connectivity index (χ0) is 21.5. The summed E-state index contributed by atoms with van der Waals surface area (Å²) in [6.07, 6.45) is 0. The van der Waals surface area contributed by atoms with Crippen LogP contribution >= 0.6 is 11.6 Å². The van der Waals surface area contributed by atoms with Crippen LogP contribution in [0.4, 0.5) is 0 Å². The number of benzene rings is 2. The van der Waals surface area contributed by atoms with Crippen molar-refractivity contribution < 1.29 is 9.90 Å². The Hall–Kier alpha value is -3.84. The fourth-order valence-electron chi connectivity index (χ4n) is 3.52. The molecule has 0 aliphatic carbocycles. The summed E-state index contributed by atoms with van der Waals surface area (Å²) in [6, 6.07) is 18.6. The van der Waals surface area contributed by atoms with Crippen molar-refractivity contribution in [1.82, 2.24) is 25.0 Å². The number of fused-ring (bicyclic) bond motifs is 2.